The molecule has 1 saturated heterocycles. The first kappa shape index (κ1) is 15.6. The van der Waals surface area contributed by atoms with Gasteiger partial charge in [0.25, 0.3) is 0 Å². The molecule has 1 amide bonds. The molecule has 7 nitrogen and oxygen atoms in total. The van der Waals surface area contributed by atoms with Gasteiger partial charge in [0.2, 0.25) is 12.7 Å². The smallest absolute Gasteiger partial charge is 0.231 e. The summed E-state index contributed by atoms with van der Waals surface area (Å²) in [7, 11) is 0. The number of aliphatic hydroxyl groups is 1. The van der Waals surface area contributed by atoms with Crippen molar-refractivity contribution in [2.24, 2.45) is 0 Å². The molecule has 0 bridgehead atoms. The van der Waals surface area contributed by atoms with Gasteiger partial charge in [-0.2, -0.15) is 0 Å². The summed E-state index contributed by atoms with van der Waals surface area (Å²) < 4.78 is 10.5. The van der Waals surface area contributed by atoms with Crippen LogP contribution in [0.25, 0.3) is 0 Å². The van der Waals surface area contributed by atoms with E-state index in [9.17, 15) is 19.8 Å². The van der Waals surface area contributed by atoms with Crippen LogP contribution in [0.2, 0.25) is 0 Å². The minimum Gasteiger partial charge on any atom is -0.550 e. The van der Waals surface area contributed by atoms with Crippen LogP contribution < -0.4 is 14.6 Å². The normalized spacial score (nSPS) is 18.7. The Labute approximate surface area is 133 Å². The molecule has 2 aliphatic heterocycles. The summed E-state index contributed by atoms with van der Waals surface area (Å²) in [6, 6.07) is 5.39. The molecule has 2 aliphatic rings. The maximum atomic E-state index is 12.3. The number of carboxylic acids is 1. The molecule has 0 aliphatic carbocycles. The molecule has 0 radical (unpaired) electrons. The van der Waals surface area contributed by atoms with E-state index < -0.39 is 18.0 Å². The van der Waals surface area contributed by atoms with E-state index in [1.54, 1.807) is 17.0 Å². The molecule has 0 saturated carbocycles. The third kappa shape index (κ3) is 3.56. The van der Waals surface area contributed by atoms with Crippen molar-refractivity contribution in [3.63, 3.8) is 0 Å². The van der Waals surface area contributed by atoms with Gasteiger partial charge < -0.3 is 29.4 Å². The quantitative estimate of drug-likeness (QED) is 0.799. The first-order valence-electron chi connectivity index (χ1n) is 7.54. The molecule has 0 aromatic heterocycles. The number of rotatable bonds is 4. The number of ether oxygens (including phenoxy) is 2. The summed E-state index contributed by atoms with van der Waals surface area (Å²) in [5, 5.41) is 20.8. The van der Waals surface area contributed by atoms with Crippen LogP contribution in [0.5, 0.6) is 11.5 Å². The summed E-state index contributed by atoms with van der Waals surface area (Å²) in [4.78, 5) is 24.6. The van der Waals surface area contributed by atoms with Crippen molar-refractivity contribution >= 4 is 11.9 Å². The topological polar surface area (TPSA) is 99.1 Å². The molecule has 3 rings (SSSR count). The Kier molecular flexibility index (Phi) is 4.12. The second kappa shape index (κ2) is 6.08. The molecule has 1 aromatic rings. The molecule has 2 heterocycles. The first-order valence-corrected chi connectivity index (χ1v) is 7.54. The number of benzene rings is 1. The number of hydrogen-bond donors (Lipinski definition) is 1. The lowest BCUT2D eigenvalue weighted by Crippen LogP contribution is -2.49. The van der Waals surface area contributed by atoms with E-state index in [1.807, 2.05) is 6.07 Å². The summed E-state index contributed by atoms with van der Waals surface area (Å²) in [5.41, 5.74) is -0.441. The number of hydrogen-bond acceptors (Lipinski definition) is 6. The van der Waals surface area contributed by atoms with Gasteiger partial charge in [0.15, 0.2) is 11.5 Å². The summed E-state index contributed by atoms with van der Waals surface area (Å²) >= 11 is 0. The minimum atomic E-state index is -1.27. The predicted molar refractivity (Wildman–Crippen MR) is 76.7 cm³/mol. The average Bonchev–Trinajstić information content (AvgIpc) is 2.94. The Balaban J connectivity index is 1.56. The van der Waals surface area contributed by atoms with Gasteiger partial charge in [-0.1, -0.05) is 6.07 Å². The highest BCUT2D eigenvalue weighted by Gasteiger charge is 2.33. The fourth-order valence-electron chi connectivity index (χ4n) is 2.96. The Morgan fingerprint density at radius 3 is 2.61 bits per heavy atom. The minimum absolute atomic E-state index is 0.0561. The van der Waals surface area contributed by atoms with E-state index in [1.165, 1.54) is 0 Å². The van der Waals surface area contributed by atoms with Gasteiger partial charge in [0, 0.05) is 25.5 Å². The van der Waals surface area contributed by atoms with Gasteiger partial charge in [-0.3, -0.25) is 4.79 Å². The van der Waals surface area contributed by atoms with E-state index in [0.717, 1.165) is 5.56 Å². The number of carboxylic acid groups (broad SMARTS) is 1. The van der Waals surface area contributed by atoms with Crippen molar-refractivity contribution in [3.05, 3.63) is 23.8 Å². The van der Waals surface area contributed by atoms with Gasteiger partial charge in [-0.25, -0.2) is 0 Å². The number of aliphatic carboxylic acids is 1. The van der Waals surface area contributed by atoms with Crippen LogP contribution in [0, 0.1) is 0 Å². The molecule has 1 N–H and O–H groups in total. The predicted octanol–water partition coefficient (Wildman–Crippen LogP) is -0.549. The van der Waals surface area contributed by atoms with Crippen LogP contribution in [-0.4, -0.2) is 47.4 Å². The number of fused-ring (bicyclic) bond motifs is 1. The van der Waals surface area contributed by atoms with E-state index in [2.05, 4.69) is 0 Å². The fourth-order valence-corrected chi connectivity index (χ4v) is 2.96. The highest BCUT2D eigenvalue weighted by Crippen LogP contribution is 2.33. The van der Waals surface area contributed by atoms with E-state index in [4.69, 9.17) is 9.47 Å². The molecule has 0 atom stereocenters. The van der Waals surface area contributed by atoms with Crippen molar-refractivity contribution in [2.75, 3.05) is 19.9 Å². The maximum absolute atomic E-state index is 12.3. The second-order valence-electron chi connectivity index (χ2n) is 6.02. The van der Waals surface area contributed by atoms with Crippen LogP contribution >= 0.6 is 0 Å². The lowest BCUT2D eigenvalue weighted by atomic mass is 9.88. The number of piperidine rings is 1. The van der Waals surface area contributed by atoms with Gasteiger partial charge >= 0.3 is 0 Å². The number of likely N-dealkylation sites (tertiary alicyclic amines) is 1. The van der Waals surface area contributed by atoms with Crippen molar-refractivity contribution in [1.82, 2.24) is 4.90 Å². The van der Waals surface area contributed by atoms with Gasteiger partial charge in [-0.15, -0.1) is 0 Å². The Morgan fingerprint density at radius 2 is 1.91 bits per heavy atom. The highest BCUT2D eigenvalue weighted by molar-refractivity contribution is 5.79. The zero-order valence-corrected chi connectivity index (χ0v) is 12.6. The SMILES string of the molecule is O=C([O-])CC1(O)CCN(C(=O)Cc2ccc3c(c2)OCO3)CC1. The van der Waals surface area contributed by atoms with Gasteiger partial charge in [0.05, 0.1) is 12.0 Å². The Morgan fingerprint density at radius 1 is 1.22 bits per heavy atom. The molecular formula is C16H18NO6-. The highest BCUT2D eigenvalue weighted by atomic mass is 16.7. The van der Waals surface area contributed by atoms with Crippen molar-refractivity contribution in [3.8, 4) is 11.5 Å². The average molecular weight is 320 g/mol. The molecule has 0 unspecified atom stereocenters. The van der Waals surface area contributed by atoms with Crippen LogP contribution in [0.15, 0.2) is 18.2 Å². The zero-order valence-electron chi connectivity index (χ0n) is 12.6. The standard InChI is InChI=1S/C16H19NO6/c18-14(8-11-1-2-12-13(7-11)23-10-22-12)17-5-3-16(21,4-6-17)9-15(19)20/h1-2,7,21H,3-6,8-10H2,(H,19,20)/p-1. The van der Waals surface area contributed by atoms with E-state index in [-0.39, 0.29) is 32.0 Å². The summed E-state index contributed by atoms with van der Waals surface area (Å²) in [6.07, 6.45) is 0.328. The molecule has 7 heteroatoms. The second-order valence-corrected chi connectivity index (χ2v) is 6.02. The van der Waals surface area contributed by atoms with Crippen LogP contribution in [0.4, 0.5) is 0 Å². The summed E-state index contributed by atoms with van der Waals surface area (Å²) in [6.45, 7) is 0.871. The maximum Gasteiger partial charge on any atom is 0.231 e. The number of carbonyl (C=O) groups is 2. The van der Waals surface area contributed by atoms with Crippen LogP contribution in [0.3, 0.4) is 0 Å². The van der Waals surface area contributed by atoms with Gasteiger partial charge in [-0.05, 0) is 30.5 Å². The number of carbonyl (C=O) groups excluding carboxylic acids is 2. The molecule has 124 valence electrons. The number of amides is 1. The monoisotopic (exact) mass is 320 g/mol. The van der Waals surface area contributed by atoms with Crippen LogP contribution in [0.1, 0.15) is 24.8 Å². The lowest BCUT2D eigenvalue weighted by Gasteiger charge is -2.38. The molecular weight excluding hydrogens is 302 g/mol. The fraction of sp³-hybridized carbons (Fsp3) is 0.500. The first-order chi connectivity index (χ1) is 11.0. The molecule has 1 fully saturated rings. The Bertz CT molecular complexity index is 621. The molecule has 23 heavy (non-hydrogen) atoms. The molecule has 1 aromatic carbocycles. The third-order valence-electron chi connectivity index (χ3n) is 4.31. The zero-order chi connectivity index (χ0) is 16.4. The third-order valence-corrected chi connectivity index (χ3v) is 4.31. The largest absolute Gasteiger partial charge is 0.550 e. The number of nitrogens with zero attached hydrogens (tertiary/aromatic N) is 1. The summed E-state index contributed by atoms with van der Waals surface area (Å²) in [5.74, 6) is -0.0178. The van der Waals surface area contributed by atoms with Gasteiger partial charge in [0.1, 0.15) is 0 Å². The van der Waals surface area contributed by atoms with Crippen LogP contribution in [-0.2, 0) is 16.0 Å². The van der Waals surface area contributed by atoms with E-state index >= 15 is 0 Å². The van der Waals surface area contributed by atoms with E-state index in [0.29, 0.717) is 24.6 Å². The van der Waals surface area contributed by atoms with Crippen molar-refractivity contribution in [2.45, 2.75) is 31.3 Å². The molecule has 0 spiro atoms. The van der Waals surface area contributed by atoms with Crippen molar-refractivity contribution < 1.29 is 29.3 Å². The Hall–Kier alpha value is -2.28. The lowest BCUT2D eigenvalue weighted by molar-refractivity contribution is -0.309. The van der Waals surface area contributed by atoms with Crippen molar-refractivity contribution in [1.29, 1.82) is 0 Å².